The molecular formula is C18H19FN6O3S. The van der Waals surface area contributed by atoms with E-state index in [0.717, 1.165) is 12.1 Å². The molecule has 1 saturated heterocycles. The van der Waals surface area contributed by atoms with Gasteiger partial charge in [0.15, 0.2) is 11.5 Å². The summed E-state index contributed by atoms with van der Waals surface area (Å²) >= 11 is 0. The third-order valence-electron chi connectivity index (χ3n) is 5.09. The lowest BCUT2D eigenvalue weighted by Crippen LogP contribution is -2.39. The van der Waals surface area contributed by atoms with Gasteiger partial charge < -0.3 is 15.2 Å². The number of nitrogen functional groups attached to an aromatic ring is 1. The van der Waals surface area contributed by atoms with E-state index in [9.17, 15) is 17.1 Å². The molecule has 0 unspecified atom stereocenters. The quantitative estimate of drug-likeness (QED) is 0.644. The molecule has 1 aliphatic heterocycles. The van der Waals surface area contributed by atoms with Crippen molar-refractivity contribution in [3.8, 4) is 0 Å². The van der Waals surface area contributed by atoms with Crippen molar-refractivity contribution in [1.29, 1.82) is 0 Å². The number of aryl methyl sites for hydroxylation is 1. The van der Waals surface area contributed by atoms with E-state index in [4.69, 9.17) is 5.73 Å². The third-order valence-corrected chi connectivity index (χ3v) is 5.92. The molecule has 0 saturated carbocycles. The van der Waals surface area contributed by atoms with Gasteiger partial charge in [-0.1, -0.05) is 0 Å². The second-order valence-electron chi connectivity index (χ2n) is 6.97. The molecule has 0 spiro atoms. The average Bonchev–Trinajstić information content (AvgIpc) is 3.11. The Kier molecular flexibility index (Phi) is 4.69. The van der Waals surface area contributed by atoms with Gasteiger partial charge in [0, 0.05) is 24.7 Å². The number of benzene rings is 1. The van der Waals surface area contributed by atoms with Crippen molar-refractivity contribution >= 4 is 33.1 Å². The number of imidazole rings is 1. The van der Waals surface area contributed by atoms with Crippen LogP contribution in [0.15, 0.2) is 35.5 Å². The van der Waals surface area contributed by atoms with Crippen molar-refractivity contribution in [2.45, 2.75) is 30.7 Å². The number of carbonyl (C=O) groups excluding carboxylic acids is 1. The number of fused-ring (bicyclic) bond motifs is 1. The van der Waals surface area contributed by atoms with Crippen molar-refractivity contribution in [1.82, 2.24) is 24.4 Å². The first kappa shape index (κ1) is 19.2. The van der Waals surface area contributed by atoms with Gasteiger partial charge >= 0.3 is 10.2 Å². The third kappa shape index (κ3) is 3.65. The Morgan fingerprint density at radius 2 is 1.83 bits per heavy atom. The number of halogens is 1. The van der Waals surface area contributed by atoms with Crippen LogP contribution in [0.5, 0.6) is 0 Å². The van der Waals surface area contributed by atoms with E-state index in [-0.39, 0.29) is 11.9 Å². The van der Waals surface area contributed by atoms with Crippen LogP contribution in [-0.2, 0) is 10.2 Å². The molecule has 0 radical (unpaired) electrons. The van der Waals surface area contributed by atoms with Gasteiger partial charge in [-0.3, -0.25) is 4.79 Å². The first-order chi connectivity index (χ1) is 13.7. The van der Waals surface area contributed by atoms with Gasteiger partial charge in [-0.2, -0.15) is 8.42 Å². The Morgan fingerprint density at radius 3 is 2.45 bits per heavy atom. The SMILES string of the molecule is Cc1nc(N)c2ncn(C3CCN(C(=O)c4ccc(S(=O)(=O)F)cc4)CC3)c2n1. The summed E-state index contributed by atoms with van der Waals surface area (Å²) in [4.78, 5) is 26.8. The van der Waals surface area contributed by atoms with Crippen LogP contribution in [0.3, 0.4) is 0 Å². The molecule has 0 bridgehead atoms. The van der Waals surface area contributed by atoms with E-state index in [1.165, 1.54) is 12.1 Å². The molecule has 2 N–H and O–H groups in total. The van der Waals surface area contributed by atoms with Crippen molar-refractivity contribution in [3.05, 3.63) is 42.0 Å². The largest absolute Gasteiger partial charge is 0.382 e. The Balaban J connectivity index is 1.48. The molecule has 29 heavy (non-hydrogen) atoms. The van der Waals surface area contributed by atoms with E-state index in [1.54, 1.807) is 18.2 Å². The zero-order chi connectivity index (χ0) is 20.8. The number of hydrogen-bond acceptors (Lipinski definition) is 7. The number of rotatable bonds is 3. The number of amides is 1. The fraction of sp³-hybridized carbons (Fsp3) is 0.333. The molecule has 1 amide bonds. The second-order valence-corrected chi connectivity index (χ2v) is 8.31. The molecule has 3 heterocycles. The van der Waals surface area contributed by atoms with Crippen LogP contribution in [-0.4, -0.2) is 51.8 Å². The molecule has 11 heteroatoms. The van der Waals surface area contributed by atoms with E-state index >= 15 is 0 Å². The number of carbonyl (C=O) groups is 1. The summed E-state index contributed by atoms with van der Waals surface area (Å²) in [5.41, 5.74) is 7.49. The Morgan fingerprint density at radius 1 is 1.17 bits per heavy atom. The molecule has 2 aromatic heterocycles. The number of aromatic nitrogens is 4. The van der Waals surface area contributed by atoms with Crippen LogP contribution in [0.25, 0.3) is 11.2 Å². The van der Waals surface area contributed by atoms with Crippen molar-refractivity contribution in [2.24, 2.45) is 0 Å². The van der Waals surface area contributed by atoms with Crippen LogP contribution in [0, 0.1) is 6.92 Å². The van der Waals surface area contributed by atoms with Crippen molar-refractivity contribution in [3.63, 3.8) is 0 Å². The molecule has 3 aromatic rings. The summed E-state index contributed by atoms with van der Waals surface area (Å²) in [5, 5.41) is 0. The highest BCUT2D eigenvalue weighted by molar-refractivity contribution is 7.86. The van der Waals surface area contributed by atoms with Gasteiger partial charge in [-0.15, -0.1) is 3.89 Å². The van der Waals surface area contributed by atoms with Crippen LogP contribution in [0.2, 0.25) is 0 Å². The van der Waals surface area contributed by atoms with Gasteiger partial charge in [0.05, 0.1) is 11.2 Å². The maximum atomic E-state index is 13.0. The molecule has 4 rings (SSSR count). The molecule has 152 valence electrons. The number of piperidine rings is 1. The minimum Gasteiger partial charge on any atom is -0.382 e. The molecule has 1 aromatic carbocycles. The van der Waals surface area contributed by atoms with Crippen LogP contribution < -0.4 is 5.73 Å². The van der Waals surface area contributed by atoms with E-state index < -0.39 is 15.1 Å². The highest BCUT2D eigenvalue weighted by Crippen LogP contribution is 2.28. The summed E-state index contributed by atoms with van der Waals surface area (Å²) in [6, 6.07) is 4.97. The summed E-state index contributed by atoms with van der Waals surface area (Å²) < 4.78 is 36.8. The Bertz CT molecular complexity index is 1180. The van der Waals surface area contributed by atoms with Crippen LogP contribution in [0.1, 0.15) is 35.1 Å². The van der Waals surface area contributed by atoms with Gasteiger partial charge in [-0.25, -0.2) is 15.0 Å². The predicted molar refractivity (Wildman–Crippen MR) is 103 cm³/mol. The molecule has 1 aliphatic rings. The fourth-order valence-electron chi connectivity index (χ4n) is 3.61. The van der Waals surface area contributed by atoms with Crippen molar-refractivity contribution in [2.75, 3.05) is 18.8 Å². The second kappa shape index (κ2) is 7.07. The summed E-state index contributed by atoms with van der Waals surface area (Å²) in [7, 11) is -4.78. The molecule has 9 nitrogen and oxygen atoms in total. The highest BCUT2D eigenvalue weighted by atomic mass is 32.3. The highest BCUT2D eigenvalue weighted by Gasteiger charge is 2.26. The first-order valence-corrected chi connectivity index (χ1v) is 10.4. The number of nitrogens with two attached hydrogens (primary N) is 1. The van der Waals surface area contributed by atoms with Gasteiger partial charge in [0.1, 0.15) is 11.3 Å². The van der Waals surface area contributed by atoms with Crippen LogP contribution >= 0.6 is 0 Å². The van der Waals surface area contributed by atoms with E-state index in [2.05, 4.69) is 15.0 Å². The number of nitrogens with zero attached hydrogens (tertiary/aromatic N) is 5. The van der Waals surface area contributed by atoms with E-state index in [0.29, 0.717) is 54.3 Å². The summed E-state index contributed by atoms with van der Waals surface area (Å²) in [6.45, 7) is 2.81. The monoisotopic (exact) mass is 418 g/mol. The van der Waals surface area contributed by atoms with Gasteiger partial charge in [0.2, 0.25) is 0 Å². The lowest BCUT2D eigenvalue weighted by molar-refractivity contribution is 0.0695. The fourth-order valence-corrected chi connectivity index (χ4v) is 4.07. The standard InChI is InChI=1S/C18H19FN6O3S/c1-11-22-16(20)15-17(23-11)25(10-21-15)13-6-8-24(9-7-13)18(26)12-2-4-14(5-3-12)29(19,27)28/h2-5,10,13H,6-9H2,1H3,(H2,20,22,23). The number of hydrogen-bond donors (Lipinski definition) is 1. The normalized spacial score (nSPS) is 15.7. The minimum atomic E-state index is -4.78. The van der Waals surface area contributed by atoms with Gasteiger partial charge in [-0.05, 0) is 44.0 Å². The number of likely N-dealkylation sites (tertiary alicyclic amines) is 1. The summed E-state index contributed by atoms with van der Waals surface area (Å²) in [6.07, 6.45) is 3.11. The summed E-state index contributed by atoms with van der Waals surface area (Å²) in [5.74, 6) is 0.699. The predicted octanol–water partition coefficient (Wildman–Crippen LogP) is 1.85. The minimum absolute atomic E-state index is 0.122. The van der Waals surface area contributed by atoms with Gasteiger partial charge in [0.25, 0.3) is 5.91 Å². The maximum Gasteiger partial charge on any atom is 0.332 e. The molecular weight excluding hydrogens is 399 g/mol. The van der Waals surface area contributed by atoms with Crippen molar-refractivity contribution < 1.29 is 17.1 Å². The zero-order valence-corrected chi connectivity index (χ0v) is 16.4. The first-order valence-electron chi connectivity index (χ1n) is 9.04. The topological polar surface area (TPSA) is 124 Å². The molecule has 1 fully saturated rings. The van der Waals surface area contributed by atoms with E-state index in [1.807, 2.05) is 4.57 Å². The zero-order valence-electron chi connectivity index (χ0n) is 15.6. The lowest BCUT2D eigenvalue weighted by Gasteiger charge is -2.32. The lowest BCUT2D eigenvalue weighted by atomic mass is 10.0. The molecule has 0 aliphatic carbocycles. The smallest absolute Gasteiger partial charge is 0.332 e. The van der Waals surface area contributed by atoms with Crippen LogP contribution in [0.4, 0.5) is 9.70 Å². The Hall–Kier alpha value is -3.08. The average molecular weight is 418 g/mol. The number of anilines is 1. The molecule has 0 atom stereocenters. The Labute approximate surface area is 166 Å². The maximum absolute atomic E-state index is 13.0.